The van der Waals surface area contributed by atoms with Gasteiger partial charge < -0.3 is 5.32 Å². The molecule has 1 amide bonds. The number of rotatable bonds is 8. The van der Waals surface area contributed by atoms with Crippen molar-refractivity contribution >= 4 is 27.0 Å². The van der Waals surface area contributed by atoms with Crippen molar-refractivity contribution in [2.45, 2.75) is 19.3 Å². The number of nitrogens with zero attached hydrogens (tertiary/aromatic N) is 1. The molecule has 0 aliphatic heterocycles. The SMILES string of the molecule is NS(=O)(=O)NCCCCCNC(=O)c1cccc2cccnc12. The first-order chi connectivity index (χ1) is 11.0. The molecule has 1 aromatic heterocycles. The fourth-order valence-electron chi connectivity index (χ4n) is 2.23. The fourth-order valence-corrected chi connectivity index (χ4v) is 2.65. The molecule has 7 nitrogen and oxygen atoms in total. The number of nitrogens with one attached hydrogen (secondary N) is 2. The summed E-state index contributed by atoms with van der Waals surface area (Å²) in [5, 5.41) is 8.61. The Balaban J connectivity index is 1.77. The minimum absolute atomic E-state index is 0.156. The standard InChI is InChI=1S/C15H20N4O3S/c16-23(21,22)19-11-3-1-2-9-18-15(20)13-8-4-6-12-7-5-10-17-14(12)13/h4-8,10,19H,1-3,9,11H2,(H,18,20)(H2,16,21,22). The van der Waals surface area contributed by atoms with E-state index in [2.05, 4.69) is 15.0 Å². The number of hydrogen-bond donors (Lipinski definition) is 3. The zero-order valence-electron chi connectivity index (χ0n) is 12.7. The smallest absolute Gasteiger partial charge is 0.274 e. The van der Waals surface area contributed by atoms with Crippen LogP contribution in [0.15, 0.2) is 36.5 Å². The molecule has 0 fully saturated rings. The lowest BCUT2D eigenvalue weighted by Gasteiger charge is -2.07. The van der Waals surface area contributed by atoms with Crippen molar-refractivity contribution in [1.29, 1.82) is 0 Å². The van der Waals surface area contributed by atoms with Gasteiger partial charge in [0.1, 0.15) is 0 Å². The molecular formula is C15H20N4O3S. The van der Waals surface area contributed by atoms with E-state index in [1.165, 1.54) is 0 Å². The minimum atomic E-state index is -3.61. The van der Waals surface area contributed by atoms with Gasteiger partial charge in [-0.15, -0.1) is 0 Å². The van der Waals surface area contributed by atoms with Crippen LogP contribution in [0.5, 0.6) is 0 Å². The van der Waals surface area contributed by atoms with Gasteiger partial charge in [-0.1, -0.05) is 24.6 Å². The number of para-hydroxylation sites is 1. The second-order valence-electron chi connectivity index (χ2n) is 5.14. The quantitative estimate of drug-likeness (QED) is 0.622. The first-order valence-electron chi connectivity index (χ1n) is 7.37. The van der Waals surface area contributed by atoms with Gasteiger partial charge in [-0.2, -0.15) is 8.42 Å². The third kappa shape index (κ3) is 5.59. The van der Waals surface area contributed by atoms with Crippen LogP contribution < -0.4 is 15.2 Å². The summed E-state index contributed by atoms with van der Waals surface area (Å²) in [6, 6.07) is 9.24. The van der Waals surface area contributed by atoms with E-state index >= 15 is 0 Å². The summed E-state index contributed by atoms with van der Waals surface area (Å²) in [6.45, 7) is 0.831. The number of unbranched alkanes of at least 4 members (excludes halogenated alkanes) is 2. The zero-order chi connectivity index (χ0) is 16.7. The van der Waals surface area contributed by atoms with Crippen LogP contribution in [-0.2, 0) is 10.2 Å². The van der Waals surface area contributed by atoms with Gasteiger partial charge in [0.25, 0.3) is 16.1 Å². The minimum Gasteiger partial charge on any atom is -0.352 e. The molecule has 0 spiro atoms. The molecule has 0 aliphatic rings. The summed E-state index contributed by atoms with van der Waals surface area (Å²) in [4.78, 5) is 16.5. The molecular weight excluding hydrogens is 316 g/mol. The molecule has 124 valence electrons. The number of amides is 1. The molecule has 23 heavy (non-hydrogen) atoms. The molecule has 0 atom stereocenters. The monoisotopic (exact) mass is 336 g/mol. The van der Waals surface area contributed by atoms with Gasteiger partial charge in [0.15, 0.2) is 0 Å². The van der Waals surface area contributed by atoms with Crippen molar-refractivity contribution in [2.75, 3.05) is 13.1 Å². The molecule has 0 aliphatic carbocycles. The maximum absolute atomic E-state index is 12.2. The highest BCUT2D eigenvalue weighted by atomic mass is 32.2. The van der Waals surface area contributed by atoms with E-state index in [0.29, 0.717) is 30.6 Å². The maximum atomic E-state index is 12.2. The average molecular weight is 336 g/mol. The first kappa shape index (κ1) is 17.3. The normalized spacial score (nSPS) is 11.5. The predicted octanol–water partition coefficient (Wildman–Crippen LogP) is 0.928. The number of aromatic nitrogens is 1. The number of benzene rings is 1. The molecule has 0 unspecified atom stereocenters. The number of carbonyl (C=O) groups excluding carboxylic acids is 1. The Morgan fingerprint density at radius 3 is 2.61 bits per heavy atom. The zero-order valence-corrected chi connectivity index (χ0v) is 13.5. The van der Waals surface area contributed by atoms with Gasteiger partial charge in [0.2, 0.25) is 0 Å². The average Bonchev–Trinajstić information content (AvgIpc) is 2.52. The Kier molecular flexibility index (Phi) is 6.03. The molecule has 0 saturated carbocycles. The molecule has 0 saturated heterocycles. The molecule has 4 N–H and O–H groups in total. The maximum Gasteiger partial charge on any atom is 0.274 e. The lowest BCUT2D eigenvalue weighted by Crippen LogP contribution is -2.31. The highest BCUT2D eigenvalue weighted by Gasteiger charge is 2.09. The van der Waals surface area contributed by atoms with Crippen LogP contribution in [0.25, 0.3) is 10.9 Å². The van der Waals surface area contributed by atoms with Crippen molar-refractivity contribution in [3.8, 4) is 0 Å². The Morgan fingerprint density at radius 2 is 1.83 bits per heavy atom. The van der Waals surface area contributed by atoms with Crippen molar-refractivity contribution in [1.82, 2.24) is 15.0 Å². The second-order valence-corrected chi connectivity index (χ2v) is 6.52. The van der Waals surface area contributed by atoms with Gasteiger partial charge in [-0.25, -0.2) is 9.86 Å². The van der Waals surface area contributed by atoms with Crippen LogP contribution >= 0.6 is 0 Å². The lowest BCUT2D eigenvalue weighted by molar-refractivity contribution is 0.0954. The van der Waals surface area contributed by atoms with Crippen molar-refractivity contribution in [2.24, 2.45) is 5.14 Å². The Labute approximate surface area is 135 Å². The topological polar surface area (TPSA) is 114 Å². The van der Waals surface area contributed by atoms with Crippen LogP contribution in [0.2, 0.25) is 0 Å². The van der Waals surface area contributed by atoms with Crippen LogP contribution in [0.4, 0.5) is 0 Å². The highest BCUT2D eigenvalue weighted by Crippen LogP contribution is 2.15. The van der Waals surface area contributed by atoms with E-state index in [-0.39, 0.29) is 5.91 Å². The van der Waals surface area contributed by atoms with E-state index in [9.17, 15) is 13.2 Å². The molecule has 1 heterocycles. The summed E-state index contributed by atoms with van der Waals surface area (Å²) in [7, 11) is -3.61. The molecule has 1 aromatic carbocycles. The third-order valence-corrected chi connectivity index (χ3v) is 3.93. The van der Waals surface area contributed by atoms with E-state index in [1.807, 2.05) is 24.3 Å². The largest absolute Gasteiger partial charge is 0.352 e. The Bertz CT molecular complexity index is 772. The summed E-state index contributed by atoms with van der Waals surface area (Å²) in [5.74, 6) is -0.156. The van der Waals surface area contributed by atoms with Gasteiger partial charge in [0.05, 0.1) is 11.1 Å². The second kappa shape index (κ2) is 8.00. The molecule has 2 aromatic rings. The molecule has 0 bridgehead atoms. The van der Waals surface area contributed by atoms with Crippen LogP contribution in [-0.4, -0.2) is 32.4 Å². The van der Waals surface area contributed by atoms with E-state index in [1.54, 1.807) is 12.3 Å². The van der Waals surface area contributed by atoms with Gasteiger partial charge >= 0.3 is 0 Å². The number of pyridine rings is 1. The van der Waals surface area contributed by atoms with E-state index in [4.69, 9.17) is 5.14 Å². The van der Waals surface area contributed by atoms with Crippen molar-refractivity contribution < 1.29 is 13.2 Å². The Morgan fingerprint density at radius 1 is 1.09 bits per heavy atom. The van der Waals surface area contributed by atoms with Crippen LogP contribution in [0, 0.1) is 0 Å². The summed E-state index contributed by atoms with van der Waals surface area (Å²) >= 11 is 0. The van der Waals surface area contributed by atoms with E-state index < -0.39 is 10.2 Å². The summed E-state index contributed by atoms with van der Waals surface area (Å²) in [6.07, 6.45) is 3.88. The van der Waals surface area contributed by atoms with Crippen LogP contribution in [0.3, 0.4) is 0 Å². The first-order valence-corrected chi connectivity index (χ1v) is 8.91. The Hall–Kier alpha value is -2.03. The molecule has 2 rings (SSSR count). The van der Waals surface area contributed by atoms with Crippen LogP contribution in [0.1, 0.15) is 29.6 Å². The highest BCUT2D eigenvalue weighted by molar-refractivity contribution is 7.87. The van der Waals surface area contributed by atoms with Gasteiger partial charge in [-0.3, -0.25) is 9.78 Å². The molecule has 0 radical (unpaired) electrons. The third-order valence-electron chi connectivity index (χ3n) is 3.32. The predicted molar refractivity (Wildman–Crippen MR) is 89.0 cm³/mol. The van der Waals surface area contributed by atoms with Crippen molar-refractivity contribution in [3.63, 3.8) is 0 Å². The molecule has 8 heteroatoms. The van der Waals surface area contributed by atoms with Gasteiger partial charge in [0, 0.05) is 24.7 Å². The fraction of sp³-hybridized carbons (Fsp3) is 0.333. The van der Waals surface area contributed by atoms with Gasteiger partial charge in [-0.05, 0) is 25.0 Å². The lowest BCUT2D eigenvalue weighted by atomic mass is 10.1. The van der Waals surface area contributed by atoms with E-state index in [0.717, 1.165) is 18.2 Å². The summed E-state index contributed by atoms with van der Waals surface area (Å²) < 4.78 is 23.6. The number of fused-ring (bicyclic) bond motifs is 1. The summed E-state index contributed by atoms with van der Waals surface area (Å²) in [5.41, 5.74) is 1.24. The number of hydrogen-bond acceptors (Lipinski definition) is 4. The number of carbonyl (C=O) groups is 1. The number of nitrogens with two attached hydrogens (primary N) is 1. The van der Waals surface area contributed by atoms with Crippen molar-refractivity contribution in [3.05, 3.63) is 42.1 Å².